The van der Waals surface area contributed by atoms with Crippen molar-refractivity contribution in [2.24, 2.45) is 5.92 Å². The summed E-state index contributed by atoms with van der Waals surface area (Å²) in [5, 5.41) is 0. The third kappa shape index (κ3) is 6.10. The lowest BCUT2D eigenvalue weighted by Gasteiger charge is -2.31. The van der Waals surface area contributed by atoms with Crippen molar-refractivity contribution >= 4 is 15.9 Å². The van der Waals surface area contributed by atoms with Crippen LogP contribution in [0, 0.1) is 5.92 Å². The highest BCUT2D eigenvalue weighted by Gasteiger charge is 2.24. The van der Waals surface area contributed by atoms with E-state index >= 15 is 0 Å². The van der Waals surface area contributed by atoms with Gasteiger partial charge in [-0.15, -0.1) is 0 Å². The molecule has 0 saturated carbocycles. The average Bonchev–Trinajstić information content (AvgIpc) is 2.72. The van der Waals surface area contributed by atoms with Crippen LogP contribution >= 0.6 is 0 Å². The Balaban J connectivity index is 1.56. The number of likely N-dealkylation sites (tertiary alicyclic amines) is 1. The fourth-order valence-electron chi connectivity index (χ4n) is 3.39. The van der Waals surface area contributed by atoms with Crippen LogP contribution in [-0.2, 0) is 14.6 Å². The zero-order valence-electron chi connectivity index (χ0n) is 18.0. The number of hydrogen-bond donors (Lipinski definition) is 0. The van der Waals surface area contributed by atoms with E-state index in [1.807, 2.05) is 13.8 Å². The van der Waals surface area contributed by atoms with Gasteiger partial charge in [0.25, 0.3) is 5.56 Å². The molecule has 8 nitrogen and oxygen atoms in total. The number of amides is 1. The number of hydrogen-bond acceptors (Lipinski definition) is 6. The quantitative estimate of drug-likeness (QED) is 0.674. The number of ether oxygens (including phenoxy) is 2. The number of piperidine rings is 1. The Morgan fingerprint density at radius 2 is 1.77 bits per heavy atom. The van der Waals surface area contributed by atoms with Gasteiger partial charge >= 0.3 is 6.09 Å². The molecule has 0 aliphatic carbocycles. The monoisotopic (exact) mass is 448 g/mol. The largest absolute Gasteiger partial charge is 0.493 e. The molecule has 1 fully saturated rings. The van der Waals surface area contributed by atoms with Gasteiger partial charge in [0, 0.05) is 37.3 Å². The van der Waals surface area contributed by atoms with E-state index in [2.05, 4.69) is 0 Å². The zero-order valence-corrected chi connectivity index (χ0v) is 18.8. The van der Waals surface area contributed by atoms with Gasteiger partial charge in [-0.2, -0.15) is 0 Å². The first-order valence-corrected chi connectivity index (χ1v) is 12.1. The van der Waals surface area contributed by atoms with Crippen molar-refractivity contribution in [3.8, 4) is 11.4 Å². The topological polar surface area (TPSA) is 94.9 Å². The lowest BCUT2D eigenvalue weighted by molar-refractivity contribution is 0.0608. The molecule has 31 heavy (non-hydrogen) atoms. The maximum Gasteiger partial charge on any atom is 0.410 e. The highest BCUT2D eigenvalue weighted by atomic mass is 32.2. The highest BCUT2D eigenvalue weighted by molar-refractivity contribution is 7.90. The minimum Gasteiger partial charge on any atom is -0.493 e. The van der Waals surface area contributed by atoms with Crippen molar-refractivity contribution in [1.82, 2.24) is 9.47 Å². The Labute approximate surface area is 182 Å². The van der Waals surface area contributed by atoms with Gasteiger partial charge in [0.1, 0.15) is 5.75 Å². The molecule has 0 atom stereocenters. The molecule has 3 rings (SSSR count). The first-order valence-electron chi connectivity index (χ1n) is 10.2. The summed E-state index contributed by atoms with van der Waals surface area (Å²) in [5.74, 6) is 0.782. The van der Waals surface area contributed by atoms with E-state index in [1.165, 1.54) is 22.8 Å². The predicted octanol–water partition coefficient (Wildman–Crippen LogP) is 2.88. The van der Waals surface area contributed by atoms with Crippen molar-refractivity contribution in [3.63, 3.8) is 0 Å². The number of nitrogens with zero attached hydrogens (tertiary/aromatic N) is 2. The second-order valence-electron chi connectivity index (χ2n) is 8.01. The summed E-state index contributed by atoms with van der Waals surface area (Å²) in [5.41, 5.74) is 0.306. The summed E-state index contributed by atoms with van der Waals surface area (Å²) >= 11 is 0. The Morgan fingerprint density at radius 1 is 1.13 bits per heavy atom. The molecule has 2 aromatic rings. The van der Waals surface area contributed by atoms with Gasteiger partial charge in [0.2, 0.25) is 0 Å². The van der Waals surface area contributed by atoms with Crippen molar-refractivity contribution in [2.75, 3.05) is 26.0 Å². The van der Waals surface area contributed by atoms with Gasteiger partial charge in [0.05, 0.1) is 17.6 Å². The smallest absolute Gasteiger partial charge is 0.410 e. The second-order valence-corrected chi connectivity index (χ2v) is 10.0. The SMILES string of the molecule is CC(C)OC(=O)N1CCC(COc2ccn(-c3ccc(S(C)(=O)=O)cc3)c(=O)c2)CC1. The van der Waals surface area contributed by atoms with Crippen LogP contribution in [0.15, 0.2) is 52.3 Å². The molecule has 1 aromatic heterocycles. The van der Waals surface area contributed by atoms with E-state index in [0.29, 0.717) is 37.1 Å². The molecule has 0 bridgehead atoms. The summed E-state index contributed by atoms with van der Waals surface area (Å²) in [7, 11) is -3.29. The van der Waals surface area contributed by atoms with E-state index in [1.54, 1.807) is 29.3 Å². The zero-order chi connectivity index (χ0) is 22.6. The maximum atomic E-state index is 12.5. The Bertz CT molecular complexity index is 1070. The van der Waals surface area contributed by atoms with E-state index in [-0.39, 0.29) is 22.7 Å². The fraction of sp³-hybridized carbons (Fsp3) is 0.455. The van der Waals surface area contributed by atoms with E-state index < -0.39 is 9.84 Å². The van der Waals surface area contributed by atoms with Crippen molar-refractivity contribution < 1.29 is 22.7 Å². The van der Waals surface area contributed by atoms with E-state index in [4.69, 9.17) is 9.47 Å². The van der Waals surface area contributed by atoms with Gasteiger partial charge in [-0.25, -0.2) is 13.2 Å². The molecule has 1 aliphatic heterocycles. The standard InChI is InChI=1S/C22H28N2O6S/c1-16(2)30-22(26)23-11-8-17(9-12-23)15-29-19-10-13-24(21(25)14-19)18-4-6-20(7-5-18)31(3,27)28/h4-7,10,13-14,16-17H,8-9,11-12,15H2,1-3H3. The number of carbonyl (C=O) groups is 1. The van der Waals surface area contributed by atoms with Crippen LogP contribution < -0.4 is 10.3 Å². The van der Waals surface area contributed by atoms with Gasteiger partial charge in [-0.1, -0.05) is 0 Å². The molecular weight excluding hydrogens is 420 g/mol. The lowest BCUT2D eigenvalue weighted by atomic mass is 9.98. The van der Waals surface area contributed by atoms with Crippen LogP contribution in [0.4, 0.5) is 4.79 Å². The third-order valence-electron chi connectivity index (χ3n) is 5.13. The molecule has 1 amide bonds. The number of carbonyl (C=O) groups excluding carboxylic acids is 1. The molecule has 9 heteroatoms. The molecule has 0 radical (unpaired) electrons. The first-order chi connectivity index (χ1) is 14.6. The molecule has 0 spiro atoms. The van der Waals surface area contributed by atoms with Gasteiger partial charge in [0.15, 0.2) is 9.84 Å². The fourth-order valence-corrected chi connectivity index (χ4v) is 4.02. The maximum absolute atomic E-state index is 12.5. The molecule has 1 aliphatic rings. The molecule has 1 aromatic carbocycles. The summed E-state index contributed by atoms with van der Waals surface area (Å²) in [4.78, 5) is 26.4. The molecule has 0 N–H and O–H groups in total. The lowest BCUT2D eigenvalue weighted by Crippen LogP contribution is -2.40. The number of rotatable bonds is 6. The summed E-state index contributed by atoms with van der Waals surface area (Å²) in [6, 6.07) is 9.27. The Morgan fingerprint density at radius 3 is 2.32 bits per heavy atom. The Hall–Kier alpha value is -2.81. The summed E-state index contributed by atoms with van der Waals surface area (Å²) < 4.78 is 35.6. The highest BCUT2D eigenvalue weighted by Crippen LogP contribution is 2.20. The number of aromatic nitrogens is 1. The molecule has 1 saturated heterocycles. The van der Waals surface area contributed by atoms with E-state index in [0.717, 1.165) is 19.1 Å². The van der Waals surface area contributed by atoms with Gasteiger partial charge in [-0.3, -0.25) is 9.36 Å². The Kier molecular flexibility index (Phi) is 7.04. The normalized spacial score (nSPS) is 15.2. The molecule has 0 unspecified atom stereocenters. The van der Waals surface area contributed by atoms with Crippen LogP contribution in [0.3, 0.4) is 0 Å². The van der Waals surface area contributed by atoms with Gasteiger partial charge < -0.3 is 14.4 Å². The van der Waals surface area contributed by atoms with Crippen molar-refractivity contribution in [1.29, 1.82) is 0 Å². The van der Waals surface area contributed by atoms with Crippen LogP contribution in [-0.4, -0.2) is 56.0 Å². The third-order valence-corrected chi connectivity index (χ3v) is 6.26. The molecule has 2 heterocycles. The minimum absolute atomic E-state index is 0.131. The summed E-state index contributed by atoms with van der Waals surface area (Å²) in [6.07, 6.45) is 3.98. The number of sulfone groups is 1. The number of benzene rings is 1. The van der Waals surface area contributed by atoms with Gasteiger partial charge in [-0.05, 0) is 62.9 Å². The van der Waals surface area contributed by atoms with Crippen molar-refractivity contribution in [2.45, 2.75) is 37.7 Å². The number of pyridine rings is 1. The van der Waals surface area contributed by atoms with Crippen LogP contribution in [0.25, 0.3) is 5.69 Å². The summed E-state index contributed by atoms with van der Waals surface area (Å²) in [6.45, 7) is 5.39. The van der Waals surface area contributed by atoms with Crippen LogP contribution in [0.5, 0.6) is 5.75 Å². The van der Waals surface area contributed by atoms with Crippen molar-refractivity contribution in [3.05, 3.63) is 52.9 Å². The molecular formula is C22H28N2O6S. The first kappa shape index (κ1) is 22.9. The molecule has 168 valence electrons. The van der Waals surface area contributed by atoms with Crippen LogP contribution in [0.1, 0.15) is 26.7 Å². The van der Waals surface area contributed by atoms with E-state index in [9.17, 15) is 18.0 Å². The predicted molar refractivity (Wildman–Crippen MR) is 117 cm³/mol. The second kappa shape index (κ2) is 9.55. The van der Waals surface area contributed by atoms with Crippen LogP contribution in [0.2, 0.25) is 0 Å². The average molecular weight is 449 g/mol. The minimum atomic E-state index is -3.29.